The quantitative estimate of drug-likeness (QED) is 0.538. The lowest BCUT2D eigenvalue weighted by Gasteiger charge is -2.50. The van der Waals surface area contributed by atoms with E-state index in [0.717, 1.165) is 21.1 Å². The largest absolute Gasteiger partial charge is 0.407 e. The second-order valence-corrected chi connectivity index (χ2v) is 12.1. The third-order valence-electron chi connectivity index (χ3n) is 6.36. The van der Waals surface area contributed by atoms with Crippen molar-refractivity contribution < 1.29 is 13.9 Å². The summed E-state index contributed by atoms with van der Waals surface area (Å²) in [7, 11) is -2.08. The number of nitrogens with zero attached hydrogens (tertiary/aromatic N) is 1. The van der Waals surface area contributed by atoms with Gasteiger partial charge >= 0.3 is 5.69 Å². The van der Waals surface area contributed by atoms with E-state index in [-0.39, 0.29) is 17.4 Å². The summed E-state index contributed by atoms with van der Waals surface area (Å²) in [6.45, 7) is 6.22. The Labute approximate surface area is 193 Å². The molecule has 2 N–H and O–H groups in total. The molecule has 1 saturated carbocycles. The lowest BCUT2D eigenvalue weighted by molar-refractivity contribution is -0.114. The van der Waals surface area contributed by atoms with Crippen molar-refractivity contribution in [2.75, 3.05) is 0 Å². The highest BCUT2D eigenvalue weighted by atomic mass is 28.3. The maximum atomic E-state index is 13.8. The van der Waals surface area contributed by atoms with E-state index in [9.17, 15) is 19.1 Å². The summed E-state index contributed by atoms with van der Waals surface area (Å²) in [6.07, 6.45) is 0.130. The number of aromatic nitrogens is 2. The number of rotatable bonds is 6. The summed E-state index contributed by atoms with van der Waals surface area (Å²) in [5.41, 5.74) is -2.07. The predicted molar refractivity (Wildman–Crippen MR) is 128 cm³/mol. The van der Waals surface area contributed by atoms with Gasteiger partial charge in [0, 0.05) is 5.92 Å². The molecule has 3 aromatic rings. The van der Waals surface area contributed by atoms with Crippen molar-refractivity contribution in [1.29, 1.82) is 0 Å². The summed E-state index contributed by atoms with van der Waals surface area (Å²) < 4.78 is 21.8. The number of hydrogen-bond acceptors (Lipinski definition) is 4. The zero-order chi connectivity index (χ0) is 23.8. The zero-order valence-electron chi connectivity index (χ0n) is 18.9. The van der Waals surface area contributed by atoms with E-state index in [1.54, 1.807) is 0 Å². The van der Waals surface area contributed by atoms with Gasteiger partial charge in [0.05, 0.1) is 24.4 Å². The van der Waals surface area contributed by atoms with Gasteiger partial charge in [-0.3, -0.25) is 14.3 Å². The third-order valence-corrected chi connectivity index (χ3v) is 8.90. The molecule has 4 unspecified atom stereocenters. The molecule has 0 saturated heterocycles. The number of nitrogens with one attached hydrogen (secondary N) is 1. The average molecular weight is 469 g/mol. The molecule has 1 heterocycles. The molecule has 4 atom stereocenters. The van der Waals surface area contributed by atoms with Crippen LogP contribution in [0.2, 0.25) is 0 Å². The first-order valence-corrected chi connectivity index (χ1v) is 12.7. The van der Waals surface area contributed by atoms with Crippen molar-refractivity contribution >= 4 is 19.4 Å². The van der Waals surface area contributed by atoms with Crippen molar-refractivity contribution in [3.05, 3.63) is 93.5 Å². The van der Waals surface area contributed by atoms with E-state index in [0.29, 0.717) is 6.42 Å². The van der Waals surface area contributed by atoms with E-state index in [2.05, 4.69) is 45.0 Å². The summed E-state index contributed by atoms with van der Waals surface area (Å²) in [6, 6.07) is 19.6. The summed E-state index contributed by atoms with van der Waals surface area (Å²) >= 11 is 0. The van der Waals surface area contributed by atoms with Crippen LogP contribution in [0.4, 0.5) is 4.39 Å². The Bertz CT molecular complexity index is 1170. The molecule has 4 rings (SSSR count). The lowest BCUT2D eigenvalue weighted by atomic mass is 9.67. The highest BCUT2D eigenvalue weighted by Crippen LogP contribution is 2.45. The Hall–Kier alpha value is -2.81. The number of H-pyrrole nitrogens is 1. The normalized spacial score (nSPS) is 21.6. The first-order chi connectivity index (χ1) is 15.7. The van der Waals surface area contributed by atoms with Gasteiger partial charge in [0.1, 0.15) is 0 Å². The highest BCUT2D eigenvalue weighted by molar-refractivity contribution is 6.80. The van der Waals surface area contributed by atoms with Crippen LogP contribution in [0.1, 0.15) is 33.2 Å². The first-order valence-electron chi connectivity index (χ1n) is 11.1. The van der Waals surface area contributed by atoms with Gasteiger partial charge in [0.25, 0.3) is 5.56 Å². The average Bonchev–Trinajstić information content (AvgIpc) is 2.78. The molecule has 33 heavy (non-hydrogen) atoms. The molecule has 0 spiro atoms. The summed E-state index contributed by atoms with van der Waals surface area (Å²) in [4.78, 5) is 25.5. The second-order valence-electron chi connectivity index (χ2n) is 9.73. The van der Waals surface area contributed by atoms with Gasteiger partial charge in [-0.25, -0.2) is 4.79 Å². The molecule has 2 aromatic carbocycles. The highest BCUT2D eigenvalue weighted by Gasteiger charge is 2.50. The molecule has 1 aliphatic carbocycles. The number of halogens is 1. The van der Waals surface area contributed by atoms with Crippen molar-refractivity contribution in [3.63, 3.8) is 0 Å². The molecule has 0 aliphatic heterocycles. The Morgan fingerprint density at radius 1 is 1.06 bits per heavy atom. The molecule has 0 radical (unpaired) electrons. The number of aliphatic hydroxyl groups excluding tert-OH is 1. The number of hydrogen-bond donors (Lipinski definition) is 2. The molecule has 0 bridgehead atoms. The minimum atomic E-state index is -2.08. The Balaban J connectivity index is 1.63. The van der Waals surface area contributed by atoms with E-state index in [1.807, 2.05) is 41.4 Å². The van der Waals surface area contributed by atoms with Gasteiger partial charge in [0.2, 0.25) is 14.9 Å². The fraction of sp³-hybridized carbons (Fsp3) is 0.360. The fourth-order valence-electron chi connectivity index (χ4n) is 4.63. The molecule has 174 valence electrons. The molecular formula is C25H29FN2O4Si. The van der Waals surface area contributed by atoms with Crippen LogP contribution in [0.5, 0.6) is 0 Å². The second kappa shape index (κ2) is 9.21. The zero-order valence-corrected chi connectivity index (χ0v) is 20.1. The maximum absolute atomic E-state index is 13.8. The molecule has 0 amide bonds. The smallest absolute Gasteiger partial charge is 0.328 e. The van der Waals surface area contributed by atoms with Crippen LogP contribution in [0.15, 0.2) is 76.4 Å². The monoisotopic (exact) mass is 468 g/mol. The van der Waals surface area contributed by atoms with Gasteiger partial charge in [-0.05, 0) is 22.2 Å². The minimum absolute atomic E-state index is 0.237. The van der Waals surface area contributed by atoms with Gasteiger partial charge in [0.15, 0.2) is 0 Å². The Kier molecular flexibility index (Phi) is 6.51. The SMILES string of the molecule is CC(C)(C)C(O[SiH](c1ccccc1)c1ccccc1)C1CC(n2cc(F)c(=O)[nH]c2=O)C1O. The molecule has 8 heteroatoms. The first kappa shape index (κ1) is 23.3. The van der Waals surface area contributed by atoms with Crippen LogP contribution in [0.3, 0.4) is 0 Å². The summed E-state index contributed by atoms with van der Waals surface area (Å²) in [5, 5.41) is 13.3. The van der Waals surface area contributed by atoms with Crippen LogP contribution in [-0.4, -0.2) is 35.9 Å². The van der Waals surface area contributed by atoms with Gasteiger partial charge in [-0.15, -0.1) is 0 Å². The number of aliphatic hydroxyl groups is 1. The van der Waals surface area contributed by atoms with Crippen LogP contribution in [0, 0.1) is 17.2 Å². The fourth-order valence-corrected chi connectivity index (χ4v) is 7.38. The molecule has 1 aliphatic rings. The van der Waals surface area contributed by atoms with Gasteiger partial charge in [-0.1, -0.05) is 81.4 Å². The minimum Gasteiger partial charge on any atom is -0.407 e. The number of aromatic amines is 1. The van der Waals surface area contributed by atoms with Crippen molar-refractivity contribution in [1.82, 2.24) is 9.55 Å². The molecule has 1 aromatic heterocycles. The standard InChI is InChI=1S/C25H29FN2O4Si/c1-25(2,3)22(18-14-20(21(18)29)28-15-19(26)23(30)27-24(28)31)32-33(16-10-6-4-7-11-16)17-12-8-5-9-13-17/h4-13,15,18,20-22,29,33H,14H2,1-3H3,(H,27,30,31). The van der Waals surface area contributed by atoms with Crippen molar-refractivity contribution in [2.45, 2.75) is 45.4 Å². The molecule has 6 nitrogen and oxygen atoms in total. The van der Waals surface area contributed by atoms with Crippen molar-refractivity contribution in [3.8, 4) is 0 Å². The van der Waals surface area contributed by atoms with E-state index >= 15 is 0 Å². The van der Waals surface area contributed by atoms with Crippen LogP contribution < -0.4 is 21.6 Å². The molecule has 1 fully saturated rings. The number of benzene rings is 2. The Morgan fingerprint density at radius 3 is 2.09 bits per heavy atom. The Morgan fingerprint density at radius 2 is 1.61 bits per heavy atom. The maximum Gasteiger partial charge on any atom is 0.328 e. The van der Waals surface area contributed by atoms with Crippen LogP contribution in [0.25, 0.3) is 0 Å². The van der Waals surface area contributed by atoms with E-state index in [4.69, 9.17) is 4.43 Å². The van der Waals surface area contributed by atoms with Gasteiger partial charge < -0.3 is 9.53 Å². The third kappa shape index (κ3) is 4.78. The van der Waals surface area contributed by atoms with E-state index in [1.165, 1.54) is 0 Å². The predicted octanol–water partition coefficient (Wildman–Crippen LogP) is 1.57. The van der Waals surface area contributed by atoms with Crippen molar-refractivity contribution in [2.24, 2.45) is 11.3 Å². The van der Waals surface area contributed by atoms with Crippen LogP contribution >= 0.6 is 0 Å². The van der Waals surface area contributed by atoms with Gasteiger partial charge in [-0.2, -0.15) is 4.39 Å². The van der Waals surface area contributed by atoms with E-state index < -0.39 is 38.3 Å². The molecular weight excluding hydrogens is 439 g/mol. The topological polar surface area (TPSA) is 84.3 Å². The summed E-state index contributed by atoms with van der Waals surface area (Å²) in [5.74, 6) is -1.28. The van der Waals surface area contributed by atoms with Crippen LogP contribution in [-0.2, 0) is 4.43 Å². The lowest BCUT2D eigenvalue weighted by Crippen LogP contribution is -2.59.